The third-order valence-corrected chi connectivity index (χ3v) is 6.47. The number of carbonyl (C=O) groups excluding carboxylic acids is 2. The fourth-order valence-corrected chi connectivity index (χ4v) is 4.58. The minimum Gasteiger partial charge on any atom is -0.497 e. The van der Waals surface area contributed by atoms with E-state index < -0.39 is 0 Å². The minimum absolute atomic E-state index is 0.0356. The maximum absolute atomic E-state index is 12.9. The predicted molar refractivity (Wildman–Crippen MR) is 122 cm³/mol. The maximum atomic E-state index is 12.9. The van der Waals surface area contributed by atoms with Gasteiger partial charge in [-0.2, -0.15) is 5.10 Å². The first-order valence-electron chi connectivity index (χ1n) is 11.2. The molecule has 7 nitrogen and oxygen atoms in total. The molecule has 0 atom stereocenters. The van der Waals surface area contributed by atoms with Gasteiger partial charge in [0.2, 0.25) is 5.91 Å². The predicted octanol–water partition coefficient (Wildman–Crippen LogP) is 3.72. The second kappa shape index (κ2) is 9.10. The van der Waals surface area contributed by atoms with Crippen molar-refractivity contribution in [2.75, 3.05) is 20.2 Å². The van der Waals surface area contributed by atoms with Gasteiger partial charge in [0.05, 0.1) is 12.8 Å². The normalized spacial score (nSPS) is 14.7. The van der Waals surface area contributed by atoms with Gasteiger partial charge in [-0.05, 0) is 69.9 Å². The van der Waals surface area contributed by atoms with Gasteiger partial charge in [0.1, 0.15) is 5.75 Å². The molecule has 0 unspecified atom stereocenters. The Bertz CT molecular complexity index is 1140. The van der Waals surface area contributed by atoms with E-state index in [4.69, 9.17) is 4.74 Å². The zero-order valence-electron chi connectivity index (χ0n) is 19.2. The molecule has 1 aliphatic rings. The molecule has 1 aromatic carbocycles. The van der Waals surface area contributed by atoms with Crippen LogP contribution in [0.2, 0.25) is 0 Å². The van der Waals surface area contributed by atoms with Crippen LogP contribution >= 0.6 is 0 Å². The molecular formula is C25H30N4O3. The van der Waals surface area contributed by atoms with Crippen molar-refractivity contribution in [3.63, 3.8) is 0 Å². The number of methoxy groups -OCH3 is 1. The molecule has 1 amide bonds. The monoisotopic (exact) mass is 434 g/mol. The minimum atomic E-state index is -0.0356. The number of likely N-dealkylation sites (tertiary alicyclic amines) is 1. The van der Waals surface area contributed by atoms with E-state index in [9.17, 15) is 9.59 Å². The SMILES string of the molecule is COc1ccc(C(=O)C2CCN(C(=O)CCc3c(C)nc4cc(C)nn4c3C)CC2)cc1. The quantitative estimate of drug-likeness (QED) is 0.553. The molecule has 4 rings (SSSR count). The van der Waals surface area contributed by atoms with Crippen molar-refractivity contribution in [2.45, 2.75) is 46.5 Å². The van der Waals surface area contributed by atoms with E-state index in [0.717, 1.165) is 34.0 Å². The molecule has 0 radical (unpaired) electrons. The highest BCUT2D eigenvalue weighted by Crippen LogP contribution is 2.24. The zero-order valence-corrected chi connectivity index (χ0v) is 19.2. The lowest BCUT2D eigenvalue weighted by atomic mass is 9.88. The summed E-state index contributed by atoms with van der Waals surface area (Å²) in [7, 11) is 1.61. The highest BCUT2D eigenvalue weighted by molar-refractivity contribution is 5.98. The van der Waals surface area contributed by atoms with Crippen LogP contribution in [0.15, 0.2) is 30.3 Å². The van der Waals surface area contributed by atoms with Crippen LogP contribution in [0.4, 0.5) is 0 Å². The summed E-state index contributed by atoms with van der Waals surface area (Å²) in [6.45, 7) is 7.23. The van der Waals surface area contributed by atoms with Gasteiger partial charge in [-0.1, -0.05) is 0 Å². The summed E-state index contributed by atoms with van der Waals surface area (Å²) < 4.78 is 7.02. The van der Waals surface area contributed by atoms with Crippen LogP contribution in [-0.2, 0) is 11.2 Å². The van der Waals surface area contributed by atoms with E-state index in [0.29, 0.717) is 44.3 Å². The lowest BCUT2D eigenvalue weighted by Crippen LogP contribution is -2.40. The van der Waals surface area contributed by atoms with Gasteiger partial charge >= 0.3 is 0 Å². The van der Waals surface area contributed by atoms with E-state index in [1.54, 1.807) is 7.11 Å². The third kappa shape index (κ3) is 4.38. The summed E-state index contributed by atoms with van der Waals surface area (Å²) in [5.41, 5.74) is 5.55. The van der Waals surface area contributed by atoms with Crippen molar-refractivity contribution in [3.05, 3.63) is 58.5 Å². The zero-order chi connectivity index (χ0) is 22.8. The molecule has 0 saturated carbocycles. The second-order valence-corrected chi connectivity index (χ2v) is 8.56. The number of rotatable bonds is 6. The maximum Gasteiger partial charge on any atom is 0.222 e. The van der Waals surface area contributed by atoms with Gasteiger partial charge in [-0.15, -0.1) is 0 Å². The number of Topliss-reactive ketones (excluding diaryl/α,β-unsaturated/α-hetero) is 1. The first kappa shape index (κ1) is 22.0. The molecule has 1 saturated heterocycles. The first-order chi connectivity index (χ1) is 15.4. The Balaban J connectivity index is 1.34. The standard InChI is InChI=1S/C25H30N4O3/c1-16-15-23-26-17(2)22(18(3)29(23)27-16)9-10-24(30)28-13-11-20(12-14-28)25(31)19-5-7-21(32-4)8-6-19/h5-8,15,20H,9-14H2,1-4H3. The van der Waals surface area contributed by atoms with Gasteiger partial charge in [-0.3, -0.25) is 9.59 Å². The molecule has 1 fully saturated rings. The molecule has 32 heavy (non-hydrogen) atoms. The van der Waals surface area contributed by atoms with Crippen molar-refractivity contribution < 1.29 is 14.3 Å². The first-order valence-corrected chi connectivity index (χ1v) is 11.2. The van der Waals surface area contributed by atoms with Gasteiger partial charge in [0.15, 0.2) is 11.4 Å². The highest BCUT2D eigenvalue weighted by atomic mass is 16.5. The number of carbonyl (C=O) groups is 2. The fourth-order valence-electron chi connectivity index (χ4n) is 4.58. The lowest BCUT2D eigenvalue weighted by Gasteiger charge is -2.31. The van der Waals surface area contributed by atoms with E-state index in [1.165, 1.54) is 0 Å². The topological polar surface area (TPSA) is 76.8 Å². The number of amides is 1. The Morgan fingerprint density at radius 1 is 1.09 bits per heavy atom. The van der Waals surface area contributed by atoms with E-state index >= 15 is 0 Å². The van der Waals surface area contributed by atoms with Crippen molar-refractivity contribution in [1.82, 2.24) is 19.5 Å². The summed E-state index contributed by atoms with van der Waals surface area (Å²) >= 11 is 0. The average molecular weight is 435 g/mol. The number of nitrogens with zero attached hydrogens (tertiary/aromatic N) is 4. The molecular weight excluding hydrogens is 404 g/mol. The molecule has 2 aromatic heterocycles. The number of hydrogen-bond acceptors (Lipinski definition) is 5. The van der Waals surface area contributed by atoms with Crippen LogP contribution < -0.4 is 4.74 Å². The number of piperidine rings is 1. The number of fused-ring (bicyclic) bond motifs is 1. The van der Waals surface area contributed by atoms with E-state index in [1.807, 2.05) is 60.5 Å². The summed E-state index contributed by atoms with van der Waals surface area (Å²) in [6.07, 6.45) is 2.48. The average Bonchev–Trinajstić information content (AvgIpc) is 3.18. The van der Waals surface area contributed by atoms with Crippen LogP contribution in [0.5, 0.6) is 5.75 Å². The number of benzene rings is 1. The number of hydrogen-bond donors (Lipinski definition) is 0. The Morgan fingerprint density at radius 3 is 2.44 bits per heavy atom. The van der Waals surface area contributed by atoms with E-state index in [-0.39, 0.29) is 17.6 Å². The number of ether oxygens (including phenoxy) is 1. The second-order valence-electron chi connectivity index (χ2n) is 8.56. The molecule has 7 heteroatoms. The summed E-state index contributed by atoms with van der Waals surface area (Å²) in [6, 6.07) is 9.22. The third-order valence-electron chi connectivity index (χ3n) is 6.47. The Morgan fingerprint density at radius 2 is 1.78 bits per heavy atom. The molecule has 0 aliphatic carbocycles. The van der Waals surface area contributed by atoms with Crippen LogP contribution in [-0.4, -0.2) is 51.4 Å². The highest BCUT2D eigenvalue weighted by Gasteiger charge is 2.28. The fraction of sp³-hybridized carbons (Fsp3) is 0.440. The number of aryl methyl sites for hydroxylation is 3. The van der Waals surface area contributed by atoms with Crippen LogP contribution in [0.25, 0.3) is 5.65 Å². The Kier molecular flexibility index (Phi) is 6.26. The van der Waals surface area contributed by atoms with Crippen molar-refractivity contribution in [1.29, 1.82) is 0 Å². The number of aromatic nitrogens is 3. The van der Waals surface area contributed by atoms with Crippen LogP contribution in [0, 0.1) is 26.7 Å². The van der Waals surface area contributed by atoms with Crippen molar-refractivity contribution in [3.8, 4) is 5.75 Å². The summed E-state index contributed by atoms with van der Waals surface area (Å²) in [5.74, 6) is 0.992. The summed E-state index contributed by atoms with van der Waals surface area (Å²) in [5, 5.41) is 4.51. The molecule has 0 bridgehead atoms. The van der Waals surface area contributed by atoms with Gasteiger partial charge < -0.3 is 9.64 Å². The molecule has 1 aliphatic heterocycles. The molecule has 0 spiro atoms. The molecule has 3 heterocycles. The van der Waals surface area contributed by atoms with Crippen LogP contribution in [0.1, 0.15) is 52.3 Å². The molecule has 3 aromatic rings. The Hall–Kier alpha value is -3.22. The smallest absolute Gasteiger partial charge is 0.222 e. The Labute approximate surface area is 188 Å². The van der Waals surface area contributed by atoms with Gasteiger partial charge in [0.25, 0.3) is 0 Å². The van der Waals surface area contributed by atoms with Crippen molar-refractivity contribution in [2.24, 2.45) is 5.92 Å². The van der Waals surface area contributed by atoms with Gasteiger partial charge in [-0.25, -0.2) is 9.50 Å². The molecule has 0 N–H and O–H groups in total. The number of ketones is 1. The lowest BCUT2D eigenvalue weighted by molar-refractivity contribution is -0.132. The van der Waals surface area contributed by atoms with E-state index in [2.05, 4.69) is 10.1 Å². The largest absolute Gasteiger partial charge is 0.497 e. The summed E-state index contributed by atoms with van der Waals surface area (Å²) in [4.78, 5) is 32.2. The van der Waals surface area contributed by atoms with Crippen molar-refractivity contribution >= 4 is 17.3 Å². The van der Waals surface area contributed by atoms with Gasteiger partial charge in [0, 0.05) is 48.4 Å². The molecule has 168 valence electrons. The van der Waals surface area contributed by atoms with Crippen LogP contribution in [0.3, 0.4) is 0 Å².